The van der Waals surface area contributed by atoms with Crippen molar-refractivity contribution in [3.05, 3.63) is 142 Å². The van der Waals surface area contributed by atoms with Gasteiger partial charge in [-0.15, -0.1) is 0 Å². The van der Waals surface area contributed by atoms with E-state index in [0.29, 0.717) is 17.5 Å². The van der Waals surface area contributed by atoms with E-state index in [-0.39, 0.29) is 85.8 Å². The van der Waals surface area contributed by atoms with Crippen LogP contribution >= 0.6 is 0 Å². The summed E-state index contributed by atoms with van der Waals surface area (Å²) in [5.41, 5.74) is 3.92. The molecule has 9 atom stereocenters. The summed E-state index contributed by atoms with van der Waals surface area (Å²) in [4.78, 5) is 105. The number of likely N-dealkylation sites (N-methyl/N-ethyl adjacent to an activating group) is 1. The molecule has 14 nitrogen and oxygen atoms in total. The van der Waals surface area contributed by atoms with Crippen molar-refractivity contribution in [3.63, 3.8) is 0 Å². The zero-order chi connectivity index (χ0) is 56.8. The van der Waals surface area contributed by atoms with E-state index in [1.54, 1.807) is 78.1 Å². The van der Waals surface area contributed by atoms with Crippen molar-refractivity contribution in [1.82, 2.24) is 36.0 Å². The average Bonchev–Trinajstić information content (AvgIpc) is 3.91. The lowest BCUT2D eigenvalue weighted by Crippen LogP contribution is -2.61. The molecule has 78 heavy (non-hydrogen) atoms. The molecule has 0 aromatic heterocycles. The van der Waals surface area contributed by atoms with E-state index in [1.165, 1.54) is 11.6 Å². The van der Waals surface area contributed by atoms with Gasteiger partial charge in [0.15, 0.2) is 0 Å². The number of fused-ring (bicyclic) bond motifs is 2. The number of Topliss-reactive ketones (excluding diaryl/α,β-unsaturated/α-hetero) is 1. The van der Waals surface area contributed by atoms with Crippen LogP contribution in [0.4, 0.5) is 4.39 Å². The molecule has 4 N–H and O–H groups in total. The van der Waals surface area contributed by atoms with Crippen LogP contribution in [0.25, 0.3) is 0 Å². The van der Waals surface area contributed by atoms with Gasteiger partial charge in [-0.05, 0) is 110 Å². The van der Waals surface area contributed by atoms with Gasteiger partial charge in [-0.1, -0.05) is 134 Å². The Morgan fingerprint density at radius 2 is 1.38 bits per heavy atom. The molecule has 0 bridgehead atoms. The predicted octanol–water partition coefficient (Wildman–Crippen LogP) is 8.57. The third kappa shape index (κ3) is 13.6. The Morgan fingerprint density at radius 1 is 0.744 bits per heavy atom. The lowest BCUT2D eigenvalue weighted by molar-refractivity contribution is -0.152. The quantitative estimate of drug-likeness (QED) is 0.0766. The number of hydrogen-bond acceptors (Lipinski definition) is 8. The third-order valence-electron chi connectivity index (χ3n) is 16.5. The predicted molar refractivity (Wildman–Crippen MR) is 300 cm³/mol. The zero-order valence-electron chi connectivity index (χ0n) is 47.6. The molecule has 1 aliphatic carbocycles. The highest BCUT2D eigenvalue weighted by atomic mass is 19.1. The monoisotopic (exact) mass is 1070 g/mol. The first kappa shape index (κ1) is 58.9. The molecule has 15 heteroatoms. The van der Waals surface area contributed by atoms with Crippen molar-refractivity contribution in [2.45, 2.75) is 170 Å². The topological polar surface area (TPSA) is 177 Å². The fraction of sp³-hybridized carbons (Fsp3) is 0.508. The van der Waals surface area contributed by atoms with Crippen molar-refractivity contribution in [3.8, 4) is 0 Å². The summed E-state index contributed by atoms with van der Waals surface area (Å²) in [7, 11) is 1.70. The highest BCUT2D eigenvalue weighted by Crippen LogP contribution is 2.37. The van der Waals surface area contributed by atoms with E-state index in [4.69, 9.17) is 0 Å². The average molecular weight is 1070 g/mol. The molecule has 6 amide bonds. The first-order chi connectivity index (χ1) is 36.9. The molecule has 3 aliphatic rings. The van der Waals surface area contributed by atoms with Crippen molar-refractivity contribution < 1.29 is 38.0 Å². The van der Waals surface area contributed by atoms with Gasteiger partial charge < -0.3 is 36.0 Å². The highest BCUT2D eigenvalue weighted by Gasteiger charge is 2.47. The van der Waals surface area contributed by atoms with Crippen LogP contribution in [-0.4, -0.2) is 99.7 Å². The number of aryl methyl sites for hydroxylation is 1. The molecular weight excluding hydrogens is 986 g/mol. The molecule has 2 aliphatic heterocycles. The van der Waals surface area contributed by atoms with Crippen LogP contribution in [0.2, 0.25) is 0 Å². The number of amides is 6. The lowest BCUT2D eigenvalue weighted by Gasteiger charge is -2.43. The van der Waals surface area contributed by atoms with Gasteiger partial charge in [0.05, 0.1) is 18.1 Å². The molecule has 4 aromatic carbocycles. The van der Waals surface area contributed by atoms with Crippen LogP contribution in [0.15, 0.2) is 97.1 Å². The van der Waals surface area contributed by atoms with Crippen LogP contribution in [0.1, 0.15) is 157 Å². The fourth-order valence-corrected chi connectivity index (χ4v) is 11.2. The van der Waals surface area contributed by atoms with Crippen LogP contribution < -0.4 is 21.3 Å². The Kier molecular flexibility index (Phi) is 18.8. The molecule has 418 valence electrons. The normalized spacial score (nSPS) is 20.2. The number of likely N-dealkylation sites (tertiary alicyclic amines) is 1. The summed E-state index contributed by atoms with van der Waals surface area (Å²) < 4.78 is 15.7. The number of benzene rings is 4. The molecule has 7 rings (SSSR count). The molecule has 1 fully saturated rings. The first-order valence-electron chi connectivity index (χ1n) is 27.9. The zero-order valence-corrected chi connectivity index (χ0v) is 47.6. The Morgan fingerprint density at radius 3 is 2.03 bits per heavy atom. The standard InChI is InChI=1S/C63H82FN7O7/c1-12-38(2)56(73)68-55(63(8,9)10)61(78)70-36-45-22-14-13-21-44(45)32-53(70)60(77)69(40(4)47-24-17-18-26-50(47)64)35-41-28-30-43(31-29-41)57(74)66-46-33-52(58(75)67-51-27-19-23-42-20-15-16-25-48(42)51)71(37-46)59(76)49(62(5,6)7)34-54(72)39(3)65-11/h13-18,20-22,24-26,28-31,38-40,46,49,51-53,55,65H,12,19,23,27,32-37H2,1-11H3,(H,66,74)(H,67,75)(H,68,73)/t38-,39+,40-,46+,49-,51-,52+,53?,55-/m1/s1. The van der Waals surface area contributed by atoms with Crippen LogP contribution in [0.5, 0.6) is 0 Å². The van der Waals surface area contributed by atoms with E-state index in [1.807, 2.05) is 97.9 Å². The van der Waals surface area contributed by atoms with Crippen molar-refractivity contribution in [1.29, 1.82) is 0 Å². The summed E-state index contributed by atoms with van der Waals surface area (Å²) in [6, 6.07) is 23.8. The number of hydrogen-bond donors (Lipinski definition) is 4. The molecule has 1 unspecified atom stereocenters. The van der Waals surface area contributed by atoms with Gasteiger partial charge in [0.1, 0.15) is 29.7 Å². The Labute approximate surface area is 461 Å². The summed E-state index contributed by atoms with van der Waals surface area (Å²) in [6.45, 7) is 18.8. The number of carbonyl (C=O) groups excluding carboxylic acids is 7. The summed E-state index contributed by atoms with van der Waals surface area (Å²) in [5, 5.41) is 12.4. The Bertz CT molecular complexity index is 2840. The maximum atomic E-state index is 15.7. The van der Waals surface area contributed by atoms with Crippen LogP contribution in [-0.2, 0) is 54.7 Å². The van der Waals surface area contributed by atoms with Crippen LogP contribution in [0.3, 0.4) is 0 Å². The van der Waals surface area contributed by atoms with E-state index in [0.717, 1.165) is 36.0 Å². The largest absolute Gasteiger partial charge is 0.347 e. The number of nitrogens with one attached hydrogen (secondary N) is 4. The minimum Gasteiger partial charge on any atom is -0.347 e. The van der Waals surface area contributed by atoms with E-state index < -0.39 is 70.6 Å². The molecular formula is C63H82FN7O7. The van der Waals surface area contributed by atoms with Crippen molar-refractivity contribution >= 4 is 41.2 Å². The second-order valence-electron chi connectivity index (χ2n) is 24.1. The second kappa shape index (κ2) is 24.9. The molecule has 1 saturated heterocycles. The fourth-order valence-electron chi connectivity index (χ4n) is 11.2. The third-order valence-corrected chi connectivity index (χ3v) is 16.5. The summed E-state index contributed by atoms with van der Waals surface area (Å²) in [5.74, 6) is -3.78. The molecule has 0 spiro atoms. The van der Waals surface area contributed by atoms with E-state index in [9.17, 15) is 28.8 Å². The molecule has 0 radical (unpaired) electrons. The summed E-state index contributed by atoms with van der Waals surface area (Å²) in [6.07, 6.45) is 3.49. The van der Waals surface area contributed by atoms with Gasteiger partial charge in [0, 0.05) is 61.5 Å². The maximum absolute atomic E-state index is 15.7. The van der Waals surface area contributed by atoms with Crippen molar-refractivity contribution in [2.75, 3.05) is 13.6 Å². The first-order valence-corrected chi connectivity index (χ1v) is 27.9. The van der Waals surface area contributed by atoms with E-state index in [2.05, 4.69) is 27.3 Å². The van der Waals surface area contributed by atoms with Gasteiger partial charge in [-0.25, -0.2) is 4.39 Å². The van der Waals surface area contributed by atoms with Gasteiger partial charge in [0.2, 0.25) is 29.5 Å². The van der Waals surface area contributed by atoms with Gasteiger partial charge in [-0.3, -0.25) is 33.6 Å². The Hall–Kier alpha value is -6.74. The molecule has 4 aromatic rings. The highest BCUT2D eigenvalue weighted by molar-refractivity contribution is 5.96. The van der Waals surface area contributed by atoms with Gasteiger partial charge in [-0.2, -0.15) is 0 Å². The number of carbonyl (C=O) groups is 7. The lowest BCUT2D eigenvalue weighted by atomic mass is 9.76. The maximum Gasteiger partial charge on any atom is 0.251 e. The number of rotatable bonds is 18. The summed E-state index contributed by atoms with van der Waals surface area (Å²) >= 11 is 0. The minimum absolute atomic E-state index is 0.00361. The second-order valence-corrected chi connectivity index (χ2v) is 24.1. The van der Waals surface area contributed by atoms with Crippen molar-refractivity contribution in [2.24, 2.45) is 22.7 Å². The SMILES string of the molecule is CC[C@@H](C)C(=O)N[C@H](C(=O)N1Cc2ccccc2CC1C(=O)N(Cc1ccc(C(=O)N[C@H]2C[C@@H](C(=O)N[C@@H]3CCCc4ccccc43)N(C(=O)[C@@H](CC(=O)[C@H](C)NC)C(C)(C)C)C2)cc1)[C@H](C)c1ccccc1F)C(C)(C)C. The smallest absolute Gasteiger partial charge is 0.251 e. The molecule has 2 heterocycles. The molecule has 0 saturated carbocycles. The van der Waals surface area contributed by atoms with Gasteiger partial charge in [0.25, 0.3) is 5.91 Å². The minimum atomic E-state index is -1.00. The van der Waals surface area contributed by atoms with E-state index >= 15 is 9.18 Å². The number of halogens is 1. The van der Waals surface area contributed by atoms with Crippen LogP contribution in [0, 0.1) is 28.5 Å². The van der Waals surface area contributed by atoms with Gasteiger partial charge >= 0.3 is 0 Å². The number of ketones is 1. The number of nitrogens with zero attached hydrogens (tertiary/aromatic N) is 3. The Balaban J connectivity index is 1.15.